The van der Waals surface area contributed by atoms with Gasteiger partial charge in [0.2, 0.25) is 0 Å². The van der Waals surface area contributed by atoms with Crippen LogP contribution in [0.2, 0.25) is 0 Å². The van der Waals surface area contributed by atoms with Gasteiger partial charge in [-0.25, -0.2) is 9.78 Å². The summed E-state index contributed by atoms with van der Waals surface area (Å²) in [7, 11) is 0. The molecule has 1 aliphatic rings. The number of rotatable bonds is 4. The average molecular weight is 240 g/mol. The minimum atomic E-state index is -0.343. The summed E-state index contributed by atoms with van der Waals surface area (Å²) < 4.78 is 4.95. The number of carbonyl (C=O) groups excluding carboxylic acids is 1. The van der Waals surface area contributed by atoms with Crippen molar-refractivity contribution in [2.45, 2.75) is 33.2 Å². The topological polar surface area (TPSA) is 51.2 Å². The van der Waals surface area contributed by atoms with Gasteiger partial charge in [0.1, 0.15) is 5.00 Å². The standard InChI is InChI=1S/C11H16N2O2S/c1-4-15-10(14)8-9(16-6-12-8)13-7-5-11(7,2)3/h6-7,13H,4-5H2,1-3H3. The third kappa shape index (κ3) is 2.19. The summed E-state index contributed by atoms with van der Waals surface area (Å²) in [6.45, 7) is 6.58. The van der Waals surface area contributed by atoms with E-state index in [4.69, 9.17) is 4.74 Å². The lowest BCUT2D eigenvalue weighted by Crippen LogP contribution is -2.12. The second-order valence-corrected chi connectivity index (χ2v) is 5.49. The Morgan fingerprint density at radius 2 is 2.44 bits per heavy atom. The van der Waals surface area contributed by atoms with Gasteiger partial charge in [-0.2, -0.15) is 0 Å². The van der Waals surface area contributed by atoms with Gasteiger partial charge in [-0.15, -0.1) is 11.3 Å². The Hall–Kier alpha value is -1.10. The summed E-state index contributed by atoms with van der Waals surface area (Å²) >= 11 is 1.45. The molecular weight excluding hydrogens is 224 g/mol. The van der Waals surface area contributed by atoms with Crippen LogP contribution in [0.15, 0.2) is 5.51 Å². The van der Waals surface area contributed by atoms with Crippen LogP contribution in [0, 0.1) is 5.41 Å². The quantitative estimate of drug-likeness (QED) is 0.822. The zero-order chi connectivity index (χ0) is 11.8. The highest BCUT2D eigenvalue weighted by Gasteiger charge is 2.46. The molecule has 88 valence electrons. The highest BCUT2D eigenvalue weighted by atomic mass is 32.1. The van der Waals surface area contributed by atoms with Gasteiger partial charge in [-0.05, 0) is 18.8 Å². The molecule has 1 aromatic rings. The van der Waals surface area contributed by atoms with Crippen LogP contribution in [0.25, 0.3) is 0 Å². The first kappa shape index (κ1) is 11.4. The van der Waals surface area contributed by atoms with Crippen LogP contribution in [0.4, 0.5) is 5.00 Å². The minimum Gasteiger partial charge on any atom is -0.461 e. The maximum absolute atomic E-state index is 11.6. The molecule has 2 rings (SSSR count). The van der Waals surface area contributed by atoms with Gasteiger partial charge < -0.3 is 10.1 Å². The summed E-state index contributed by atoms with van der Waals surface area (Å²) in [4.78, 5) is 15.6. The molecule has 1 fully saturated rings. The van der Waals surface area contributed by atoms with Gasteiger partial charge in [0.05, 0.1) is 12.1 Å². The van der Waals surface area contributed by atoms with Crippen molar-refractivity contribution in [3.8, 4) is 0 Å². The van der Waals surface area contributed by atoms with E-state index in [1.165, 1.54) is 11.3 Å². The molecule has 1 N–H and O–H groups in total. The Kier molecular flexibility index (Phi) is 2.88. The van der Waals surface area contributed by atoms with Gasteiger partial charge in [0.15, 0.2) is 5.69 Å². The number of aromatic nitrogens is 1. The SMILES string of the molecule is CCOC(=O)c1ncsc1NC1CC1(C)C. The molecule has 0 amide bonds. The highest BCUT2D eigenvalue weighted by Crippen LogP contribution is 2.47. The summed E-state index contributed by atoms with van der Waals surface area (Å²) in [6.07, 6.45) is 1.13. The lowest BCUT2D eigenvalue weighted by molar-refractivity contribution is 0.0521. The van der Waals surface area contributed by atoms with E-state index >= 15 is 0 Å². The van der Waals surface area contributed by atoms with Crippen molar-refractivity contribution >= 4 is 22.3 Å². The third-order valence-corrected chi connectivity index (χ3v) is 3.61. The maximum atomic E-state index is 11.6. The first-order valence-corrected chi connectivity index (χ1v) is 6.29. The van der Waals surface area contributed by atoms with Gasteiger partial charge in [-0.3, -0.25) is 0 Å². The molecule has 1 saturated carbocycles. The fourth-order valence-corrected chi connectivity index (χ4v) is 2.29. The number of anilines is 1. The summed E-state index contributed by atoms with van der Waals surface area (Å²) in [5.74, 6) is -0.343. The second kappa shape index (κ2) is 4.05. The van der Waals surface area contributed by atoms with Crippen molar-refractivity contribution in [1.29, 1.82) is 0 Å². The second-order valence-electron chi connectivity index (χ2n) is 4.64. The first-order valence-electron chi connectivity index (χ1n) is 5.41. The lowest BCUT2D eigenvalue weighted by atomic mass is 10.2. The van der Waals surface area contributed by atoms with E-state index in [1.54, 1.807) is 12.4 Å². The highest BCUT2D eigenvalue weighted by molar-refractivity contribution is 7.14. The van der Waals surface area contributed by atoms with Crippen molar-refractivity contribution in [1.82, 2.24) is 4.98 Å². The molecular formula is C11H16N2O2S. The fraction of sp³-hybridized carbons (Fsp3) is 0.636. The van der Waals surface area contributed by atoms with Crippen molar-refractivity contribution in [3.05, 3.63) is 11.2 Å². The average Bonchev–Trinajstić information content (AvgIpc) is 2.63. The van der Waals surface area contributed by atoms with Crippen molar-refractivity contribution < 1.29 is 9.53 Å². The molecule has 1 aromatic heterocycles. The van der Waals surface area contributed by atoms with Crippen molar-refractivity contribution in [2.75, 3.05) is 11.9 Å². The van der Waals surface area contributed by atoms with E-state index in [0.29, 0.717) is 23.8 Å². The van der Waals surface area contributed by atoms with Gasteiger partial charge in [0, 0.05) is 6.04 Å². The molecule has 1 atom stereocenters. The Morgan fingerprint density at radius 3 is 3.00 bits per heavy atom. The van der Waals surface area contributed by atoms with E-state index in [9.17, 15) is 4.79 Å². The summed E-state index contributed by atoms with van der Waals surface area (Å²) in [5.41, 5.74) is 2.41. The van der Waals surface area contributed by atoms with Crippen LogP contribution in [-0.4, -0.2) is 23.6 Å². The van der Waals surface area contributed by atoms with Crippen LogP contribution in [0.1, 0.15) is 37.7 Å². The Labute approximate surface area is 99.0 Å². The molecule has 0 radical (unpaired) electrons. The Bertz CT molecular complexity index is 400. The van der Waals surface area contributed by atoms with E-state index in [0.717, 1.165) is 11.4 Å². The molecule has 0 saturated heterocycles. The fourth-order valence-electron chi connectivity index (χ4n) is 1.57. The van der Waals surface area contributed by atoms with Crippen LogP contribution < -0.4 is 5.32 Å². The van der Waals surface area contributed by atoms with E-state index in [2.05, 4.69) is 24.1 Å². The number of hydrogen-bond donors (Lipinski definition) is 1. The molecule has 16 heavy (non-hydrogen) atoms. The number of hydrogen-bond acceptors (Lipinski definition) is 5. The molecule has 0 bridgehead atoms. The normalized spacial score (nSPS) is 21.6. The van der Waals surface area contributed by atoms with Gasteiger partial charge in [0.25, 0.3) is 0 Å². The smallest absolute Gasteiger partial charge is 0.360 e. The van der Waals surface area contributed by atoms with Crippen LogP contribution in [0.3, 0.4) is 0 Å². The summed E-state index contributed by atoms with van der Waals surface area (Å²) in [6, 6.07) is 0.445. The largest absolute Gasteiger partial charge is 0.461 e. The number of nitrogens with zero attached hydrogens (tertiary/aromatic N) is 1. The van der Waals surface area contributed by atoms with Crippen molar-refractivity contribution in [2.24, 2.45) is 5.41 Å². The van der Waals surface area contributed by atoms with E-state index in [1.807, 2.05) is 0 Å². The van der Waals surface area contributed by atoms with E-state index in [-0.39, 0.29) is 5.97 Å². The summed E-state index contributed by atoms with van der Waals surface area (Å²) in [5, 5.41) is 4.18. The molecule has 1 unspecified atom stereocenters. The lowest BCUT2D eigenvalue weighted by Gasteiger charge is -2.07. The third-order valence-electron chi connectivity index (χ3n) is 2.85. The number of esters is 1. The molecule has 1 heterocycles. The molecule has 0 aliphatic heterocycles. The molecule has 5 heteroatoms. The zero-order valence-electron chi connectivity index (χ0n) is 9.74. The van der Waals surface area contributed by atoms with E-state index < -0.39 is 0 Å². The van der Waals surface area contributed by atoms with Crippen LogP contribution in [-0.2, 0) is 4.74 Å². The van der Waals surface area contributed by atoms with Crippen molar-refractivity contribution in [3.63, 3.8) is 0 Å². The number of thiazole rings is 1. The number of carbonyl (C=O) groups is 1. The zero-order valence-corrected chi connectivity index (χ0v) is 10.6. The monoisotopic (exact) mass is 240 g/mol. The number of ether oxygens (including phenoxy) is 1. The molecule has 0 aromatic carbocycles. The first-order chi connectivity index (χ1) is 7.54. The van der Waals surface area contributed by atoms with Gasteiger partial charge >= 0.3 is 5.97 Å². The molecule has 1 aliphatic carbocycles. The molecule has 0 spiro atoms. The van der Waals surface area contributed by atoms with Crippen LogP contribution in [0.5, 0.6) is 0 Å². The Morgan fingerprint density at radius 1 is 1.75 bits per heavy atom. The van der Waals surface area contributed by atoms with Crippen LogP contribution >= 0.6 is 11.3 Å². The number of nitrogens with one attached hydrogen (secondary N) is 1. The predicted molar refractivity (Wildman–Crippen MR) is 63.9 cm³/mol. The maximum Gasteiger partial charge on any atom is 0.360 e. The van der Waals surface area contributed by atoms with Gasteiger partial charge in [-0.1, -0.05) is 13.8 Å². The Balaban J connectivity index is 2.05. The molecule has 4 nitrogen and oxygen atoms in total. The predicted octanol–water partition coefficient (Wildman–Crippen LogP) is 2.53. The minimum absolute atomic E-state index is 0.329.